The largest absolute Gasteiger partial charge is 0.508 e. The van der Waals surface area contributed by atoms with Crippen LogP contribution in [0.25, 0.3) is 32.9 Å². The highest BCUT2D eigenvalue weighted by atomic mass is 19.1. The molecule has 2 aromatic heterocycles. The van der Waals surface area contributed by atoms with Crippen LogP contribution >= 0.6 is 0 Å². The van der Waals surface area contributed by atoms with E-state index in [1.165, 1.54) is 24.3 Å². The molecule has 10 nitrogen and oxygen atoms in total. The van der Waals surface area contributed by atoms with E-state index in [0.29, 0.717) is 37.3 Å². The van der Waals surface area contributed by atoms with Gasteiger partial charge in [-0.3, -0.25) is 4.90 Å². The summed E-state index contributed by atoms with van der Waals surface area (Å²) in [6.45, 7) is 3.81. The van der Waals surface area contributed by atoms with E-state index in [-0.39, 0.29) is 76.0 Å². The number of nitrogens with zero attached hydrogens (tertiary/aromatic N) is 5. The lowest BCUT2D eigenvalue weighted by Gasteiger charge is -2.35. The summed E-state index contributed by atoms with van der Waals surface area (Å²) in [5, 5.41) is 25.2. The topological polar surface area (TPSA) is 116 Å². The van der Waals surface area contributed by atoms with Gasteiger partial charge in [-0.2, -0.15) is 9.97 Å². The van der Waals surface area contributed by atoms with Crippen LogP contribution in [0.3, 0.4) is 0 Å². The zero-order chi connectivity index (χ0) is 34.0. The van der Waals surface area contributed by atoms with Crippen molar-refractivity contribution in [2.24, 2.45) is 0 Å². The van der Waals surface area contributed by atoms with Gasteiger partial charge >= 0.3 is 6.01 Å². The second kappa shape index (κ2) is 12.2. The van der Waals surface area contributed by atoms with Crippen LogP contribution in [0.2, 0.25) is 0 Å². The molecule has 0 saturated carbocycles. The summed E-state index contributed by atoms with van der Waals surface area (Å²) in [6.07, 6.45) is 7.88. The van der Waals surface area contributed by atoms with Crippen molar-refractivity contribution in [2.75, 3.05) is 44.3 Å². The lowest BCUT2D eigenvalue weighted by atomic mass is 9.95. The van der Waals surface area contributed by atoms with Crippen molar-refractivity contribution in [1.82, 2.24) is 25.2 Å². The standard InChI is InChI=1S/C36H37F3N6O4/c1-3-25-27(38)8-5-20-11-24(47)12-26(28(20)25)31-30(39)32-29(34(41-31)48-17-19(2)46)33(44-15-22-6-7-23(16-44)40-22)43-35(42-32)49-18-36-9-4-10-45(36)14-21(37)13-36/h1,5,8,11-12,19,21-23,40,46-47H,4,6-7,9-10,13-18H2,2H3/t19-,21+,22?,23?,36-/m0/s1. The Morgan fingerprint density at radius 1 is 1.10 bits per heavy atom. The Labute approximate surface area is 281 Å². The molecule has 6 heterocycles. The molecule has 3 N–H and O–H groups in total. The maximum absolute atomic E-state index is 17.2. The number of hydrogen-bond donors (Lipinski definition) is 3. The molecule has 0 amide bonds. The number of aromatic hydroxyl groups is 1. The fourth-order valence-electron chi connectivity index (χ4n) is 8.25. The molecule has 13 heteroatoms. The number of aromatic nitrogens is 3. The number of aliphatic hydroxyl groups is 1. The molecule has 256 valence electrons. The first kappa shape index (κ1) is 31.9. The summed E-state index contributed by atoms with van der Waals surface area (Å²) in [7, 11) is 0. The number of halogens is 3. The molecule has 0 radical (unpaired) electrons. The van der Waals surface area contributed by atoms with Gasteiger partial charge in [0.25, 0.3) is 0 Å². The lowest BCUT2D eigenvalue weighted by molar-refractivity contribution is 0.107. The third-order valence-corrected chi connectivity index (χ3v) is 10.4. The number of nitrogens with one attached hydrogen (secondary N) is 1. The highest BCUT2D eigenvalue weighted by Crippen LogP contribution is 2.44. The molecule has 5 atom stereocenters. The van der Waals surface area contributed by atoms with Crippen molar-refractivity contribution >= 4 is 27.5 Å². The molecule has 4 aliphatic heterocycles. The van der Waals surface area contributed by atoms with E-state index in [1.54, 1.807) is 6.92 Å². The number of phenols is 1. The summed E-state index contributed by atoms with van der Waals surface area (Å²) < 4.78 is 59.1. The van der Waals surface area contributed by atoms with E-state index in [9.17, 15) is 14.6 Å². The summed E-state index contributed by atoms with van der Waals surface area (Å²) >= 11 is 0. The minimum Gasteiger partial charge on any atom is -0.508 e. The first-order valence-electron chi connectivity index (χ1n) is 16.8. The molecule has 4 saturated heterocycles. The summed E-state index contributed by atoms with van der Waals surface area (Å²) in [6, 6.07) is 5.64. The van der Waals surface area contributed by atoms with Gasteiger partial charge < -0.3 is 29.9 Å². The number of phenolic OH excluding ortho intramolecular Hbond substituents is 1. The number of hydrogen-bond acceptors (Lipinski definition) is 10. The van der Waals surface area contributed by atoms with Crippen LogP contribution in [-0.2, 0) is 0 Å². The number of terminal acetylenes is 1. The van der Waals surface area contributed by atoms with Crippen LogP contribution in [0.5, 0.6) is 17.6 Å². The van der Waals surface area contributed by atoms with Crippen LogP contribution in [0.1, 0.15) is 44.6 Å². The Balaban J connectivity index is 1.34. The predicted octanol–water partition coefficient (Wildman–Crippen LogP) is 4.47. The number of rotatable bonds is 8. The number of alkyl halides is 1. The van der Waals surface area contributed by atoms with E-state index in [4.69, 9.17) is 20.9 Å². The van der Waals surface area contributed by atoms with E-state index >= 15 is 8.78 Å². The third-order valence-electron chi connectivity index (χ3n) is 10.4. The van der Waals surface area contributed by atoms with Gasteiger partial charge in [0.05, 0.1) is 17.2 Å². The lowest BCUT2D eigenvalue weighted by Crippen LogP contribution is -2.51. The fourth-order valence-corrected chi connectivity index (χ4v) is 8.25. The molecule has 49 heavy (non-hydrogen) atoms. The van der Waals surface area contributed by atoms with Crippen molar-refractivity contribution in [2.45, 2.75) is 68.9 Å². The third kappa shape index (κ3) is 5.56. The number of aliphatic hydroxyl groups excluding tert-OH is 1. The Morgan fingerprint density at radius 2 is 1.90 bits per heavy atom. The Kier molecular flexibility index (Phi) is 7.93. The molecule has 8 rings (SSSR count). The number of ether oxygens (including phenoxy) is 2. The summed E-state index contributed by atoms with van der Waals surface area (Å²) in [4.78, 5) is 18.2. The molecule has 4 fully saturated rings. The van der Waals surface area contributed by atoms with Gasteiger partial charge in [-0.1, -0.05) is 12.0 Å². The van der Waals surface area contributed by atoms with E-state index < -0.39 is 29.4 Å². The zero-order valence-electron chi connectivity index (χ0n) is 27.1. The van der Waals surface area contributed by atoms with Crippen molar-refractivity contribution in [3.8, 4) is 41.2 Å². The highest BCUT2D eigenvalue weighted by molar-refractivity contribution is 6.04. The smallest absolute Gasteiger partial charge is 0.319 e. The second-order valence-corrected chi connectivity index (χ2v) is 13.9. The summed E-state index contributed by atoms with van der Waals surface area (Å²) in [5.74, 6) is 0.893. The number of benzene rings is 2. The number of fused-ring (bicyclic) bond motifs is 5. The summed E-state index contributed by atoms with van der Waals surface area (Å²) in [5.41, 5.74) is -1.03. The SMILES string of the molecule is C#Cc1c(F)ccc2cc(O)cc(-c3nc(OC[C@H](C)O)c4c(N5CC6CCC(C5)N6)nc(OC[C@@]56CCCN5C[C@H](F)C6)nc4c3F)c12. The Hall–Kier alpha value is -4.38. The molecular formula is C36H37F3N6O4. The maximum atomic E-state index is 17.2. The van der Waals surface area contributed by atoms with Gasteiger partial charge in [-0.05, 0) is 62.7 Å². The van der Waals surface area contributed by atoms with E-state index in [2.05, 4.69) is 31.0 Å². The maximum Gasteiger partial charge on any atom is 0.319 e. The van der Waals surface area contributed by atoms with Crippen molar-refractivity contribution in [3.63, 3.8) is 0 Å². The van der Waals surface area contributed by atoms with Gasteiger partial charge in [0, 0.05) is 49.1 Å². The molecular weight excluding hydrogens is 637 g/mol. The van der Waals surface area contributed by atoms with Gasteiger partial charge in [0.1, 0.15) is 53.4 Å². The van der Waals surface area contributed by atoms with Gasteiger partial charge in [0.15, 0.2) is 5.82 Å². The first-order valence-corrected chi connectivity index (χ1v) is 16.8. The highest BCUT2D eigenvalue weighted by Gasteiger charge is 2.49. The van der Waals surface area contributed by atoms with Crippen LogP contribution in [0, 0.1) is 24.0 Å². The molecule has 2 bridgehead atoms. The quantitative estimate of drug-likeness (QED) is 0.232. The average Bonchev–Trinajstić information content (AvgIpc) is 3.73. The molecule has 0 spiro atoms. The Bertz CT molecular complexity index is 1990. The molecule has 0 aliphatic carbocycles. The van der Waals surface area contributed by atoms with Crippen molar-refractivity contribution < 1.29 is 32.9 Å². The van der Waals surface area contributed by atoms with Gasteiger partial charge in [0.2, 0.25) is 5.88 Å². The normalized spacial score (nSPS) is 25.6. The predicted molar refractivity (Wildman–Crippen MR) is 178 cm³/mol. The minimum atomic E-state index is -0.956. The number of piperazine rings is 1. The van der Waals surface area contributed by atoms with Crippen molar-refractivity contribution in [1.29, 1.82) is 0 Å². The number of pyridine rings is 1. The van der Waals surface area contributed by atoms with Gasteiger partial charge in [-0.25, -0.2) is 18.2 Å². The Morgan fingerprint density at radius 3 is 2.65 bits per heavy atom. The minimum absolute atomic E-state index is 0.0343. The zero-order valence-corrected chi connectivity index (χ0v) is 27.1. The van der Waals surface area contributed by atoms with Gasteiger partial charge in [-0.15, -0.1) is 6.42 Å². The van der Waals surface area contributed by atoms with E-state index in [1.807, 2.05) is 0 Å². The average molecular weight is 675 g/mol. The fraction of sp³-hybridized carbons (Fsp3) is 0.472. The van der Waals surface area contributed by atoms with E-state index in [0.717, 1.165) is 32.2 Å². The second-order valence-electron chi connectivity index (χ2n) is 13.9. The molecule has 4 aromatic rings. The van der Waals surface area contributed by atoms with Crippen LogP contribution in [-0.4, -0.2) is 99.4 Å². The van der Waals surface area contributed by atoms with Crippen molar-refractivity contribution in [3.05, 3.63) is 41.5 Å². The number of anilines is 1. The van der Waals surface area contributed by atoms with Crippen LogP contribution < -0.4 is 19.7 Å². The van der Waals surface area contributed by atoms with Crippen LogP contribution in [0.4, 0.5) is 19.0 Å². The van der Waals surface area contributed by atoms with Crippen LogP contribution in [0.15, 0.2) is 24.3 Å². The first-order chi connectivity index (χ1) is 23.6. The molecule has 4 aliphatic rings. The molecule has 2 aromatic carbocycles. The molecule has 2 unspecified atom stereocenters. The monoisotopic (exact) mass is 674 g/mol.